The molecule has 1 aliphatic rings. The largest absolute Gasteiger partial charge is 0.398 e. The van der Waals surface area contributed by atoms with Crippen LogP contribution in [0.4, 0.5) is 5.69 Å². The van der Waals surface area contributed by atoms with Crippen LogP contribution in [0.2, 0.25) is 0 Å². The second kappa shape index (κ2) is 4.49. The van der Waals surface area contributed by atoms with Crippen molar-refractivity contribution in [2.45, 2.75) is 12.5 Å². The van der Waals surface area contributed by atoms with Crippen LogP contribution in [-0.4, -0.2) is 42.1 Å². The second-order valence-electron chi connectivity index (χ2n) is 3.90. The van der Waals surface area contributed by atoms with Crippen LogP contribution in [-0.2, 0) is 4.74 Å². The fourth-order valence-electron chi connectivity index (χ4n) is 1.77. The van der Waals surface area contributed by atoms with Crippen molar-refractivity contribution in [1.29, 1.82) is 0 Å². The summed E-state index contributed by atoms with van der Waals surface area (Å²) in [5.41, 5.74) is 6.66. The summed E-state index contributed by atoms with van der Waals surface area (Å²) in [6, 6.07) is 1.78. The van der Waals surface area contributed by atoms with Crippen LogP contribution in [0.3, 0.4) is 0 Å². The first-order valence-corrected chi connectivity index (χ1v) is 5.24. The average Bonchev–Trinajstić information content (AvgIpc) is 2.81. The number of carbonyl (C=O) groups is 1. The highest BCUT2D eigenvalue weighted by atomic mass is 16.5. The maximum atomic E-state index is 12.1. The second-order valence-corrected chi connectivity index (χ2v) is 3.90. The molecule has 0 aromatic carbocycles. The van der Waals surface area contributed by atoms with E-state index in [1.807, 2.05) is 0 Å². The minimum Gasteiger partial charge on any atom is -0.398 e. The lowest BCUT2D eigenvalue weighted by molar-refractivity contribution is 0.0712. The fraction of sp³-hybridized carbons (Fsp3) is 0.455. The van der Waals surface area contributed by atoms with Crippen LogP contribution in [0.5, 0.6) is 0 Å². The molecule has 1 aromatic rings. The number of hydrogen-bond acceptors (Lipinski definition) is 4. The quantitative estimate of drug-likeness (QED) is 0.790. The number of amides is 1. The number of anilines is 1. The zero-order chi connectivity index (χ0) is 11.5. The standard InChI is InChI=1S/C11H15N3O2/c1-14(8-3-5-16-7-8)11(15)9-6-13-4-2-10(9)12/h2,4,6,8H,3,5,7H2,1H3,(H2,12,13). The first kappa shape index (κ1) is 10.9. The molecule has 5 nitrogen and oxygen atoms in total. The highest BCUT2D eigenvalue weighted by Gasteiger charge is 2.25. The number of nitrogens with zero attached hydrogens (tertiary/aromatic N) is 2. The summed E-state index contributed by atoms with van der Waals surface area (Å²) in [6.45, 7) is 1.31. The topological polar surface area (TPSA) is 68.5 Å². The van der Waals surface area contributed by atoms with Gasteiger partial charge in [-0.2, -0.15) is 0 Å². The van der Waals surface area contributed by atoms with Crippen molar-refractivity contribution >= 4 is 11.6 Å². The Balaban J connectivity index is 2.15. The molecule has 1 aliphatic heterocycles. The summed E-state index contributed by atoms with van der Waals surface area (Å²) in [5, 5.41) is 0. The van der Waals surface area contributed by atoms with Gasteiger partial charge in [-0.3, -0.25) is 9.78 Å². The van der Waals surface area contributed by atoms with E-state index in [-0.39, 0.29) is 11.9 Å². The Kier molecular flexibility index (Phi) is 3.05. The van der Waals surface area contributed by atoms with Crippen molar-refractivity contribution in [3.8, 4) is 0 Å². The van der Waals surface area contributed by atoms with E-state index in [9.17, 15) is 4.79 Å². The van der Waals surface area contributed by atoms with E-state index in [4.69, 9.17) is 10.5 Å². The Hall–Kier alpha value is -1.62. The number of rotatable bonds is 2. The number of nitrogen functional groups attached to an aromatic ring is 1. The van der Waals surface area contributed by atoms with Gasteiger partial charge in [0.1, 0.15) is 0 Å². The molecule has 0 aliphatic carbocycles. The number of ether oxygens (including phenoxy) is 1. The monoisotopic (exact) mass is 221 g/mol. The fourth-order valence-corrected chi connectivity index (χ4v) is 1.77. The molecule has 16 heavy (non-hydrogen) atoms. The molecule has 1 aromatic heterocycles. The number of likely N-dealkylation sites (N-methyl/N-ethyl adjacent to an activating group) is 1. The zero-order valence-electron chi connectivity index (χ0n) is 9.22. The third kappa shape index (κ3) is 1.99. The van der Waals surface area contributed by atoms with Crippen molar-refractivity contribution in [2.75, 3.05) is 26.0 Å². The number of hydrogen-bond donors (Lipinski definition) is 1. The van der Waals surface area contributed by atoms with Gasteiger partial charge in [0.15, 0.2) is 0 Å². The van der Waals surface area contributed by atoms with Crippen LogP contribution in [0.15, 0.2) is 18.5 Å². The Morgan fingerprint density at radius 3 is 3.12 bits per heavy atom. The predicted molar refractivity (Wildman–Crippen MR) is 60.0 cm³/mol. The third-order valence-electron chi connectivity index (χ3n) is 2.86. The molecule has 0 saturated carbocycles. The molecule has 0 spiro atoms. The number of nitrogens with two attached hydrogens (primary N) is 1. The van der Waals surface area contributed by atoms with Gasteiger partial charge >= 0.3 is 0 Å². The highest BCUT2D eigenvalue weighted by Crippen LogP contribution is 2.16. The molecule has 1 fully saturated rings. The van der Waals surface area contributed by atoms with Crippen LogP contribution >= 0.6 is 0 Å². The summed E-state index contributed by atoms with van der Waals surface area (Å²) in [7, 11) is 1.77. The van der Waals surface area contributed by atoms with Gasteiger partial charge in [0, 0.05) is 31.7 Å². The molecule has 2 N–H and O–H groups in total. The van der Waals surface area contributed by atoms with Crippen LogP contribution in [0, 0.1) is 0 Å². The Bertz CT molecular complexity index is 389. The van der Waals surface area contributed by atoms with Crippen LogP contribution in [0.1, 0.15) is 16.8 Å². The SMILES string of the molecule is CN(C(=O)c1cnccc1N)C1CCOC1. The van der Waals surface area contributed by atoms with Gasteiger partial charge in [-0.1, -0.05) is 0 Å². The van der Waals surface area contributed by atoms with E-state index in [2.05, 4.69) is 4.98 Å². The molecule has 1 unspecified atom stereocenters. The Morgan fingerprint density at radius 2 is 2.50 bits per heavy atom. The number of aromatic nitrogens is 1. The van der Waals surface area contributed by atoms with Crippen molar-refractivity contribution in [3.63, 3.8) is 0 Å². The zero-order valence-corrected chi connectivity index (χ0v) is 9.22. The molecule has 1 atom stereocenters. The first-order chi connectivity index (χ1) is 7.70. The lowest BCUT2D eigenvalue weighted by Gasteiger charge is -2.23. The van der Waals surface area contributed by atoms with Gasteiger partial charge < -0.3 is 15.4 Å². The molecule has 86 valence electrons. The summed E-state index contributed by atoms with van der Waals surface area (Å²) in [4.78, 5) is 17.7. The Morgan fingerprint density at radius 1 is 1.69 bits per heavy atom. The van der Waals surface area contributed by atoms with E-state index in [0.29, 0.717) is 24.5 Å². The summed E-state index contributed by atoms with van der Waals surface area (Å²) in [6.07, 6.45) is 3.96. The van der Waals surface area contributed by atoms with E-state index in [1.54, 1.807) is 24.2 Å². The van der Waals surface area contributed by atoms with Crippen molar-refractivity contribution in [3.05, 3.63) is 24.0 Å². The van der Waals surface area contributed by atoms with Gasteiger partial charge in [-0.15, -0.1) is 0 Å². The van der Waals surface area contributed by atoms with Gasteiger partial charge in [0.25, 0.3) is 5.91 Å². The van der Waals surface area contributed by atoms with Crippen molar-refractivity contribution < 1.29 is 9.53 Å². The average molecular weight is 221 g/mol. The first-order valence-electron chi connectivity index (χ1n) is 5.24. The van der Waals surface area contributed by atoms with Gasteiger partial charge in [0.2, 0.25) is 0 Å². The number of carbonyl (C=O) groups excluding carboxylic acids is 1. The van der Waals surface area contributed by atoms with E-state index in [1.165, 1.54) is 6.20 Å². The molecule has 1 amide bonds. The maximum Gasteiger partial charge on any atom is 0.257 e. The lowest BCUT2D eigenvalue weighted by Crippen LogP contribution is -2.37. The van der Waals surface area contributed by atoms with E-state index < -0.39 is 0 Å². The smallest absolute Gasteiger partial charge is 0.257 e. The number of pyridine rings is 1. The molecular weight excluding hydrogens is 206 g/mol. The van der Waals surface area contributed by atoms with Crippen LogP contribution in [0.25, 0.3) is 0 Å². The maximum absolute atomic E-state index is 12.1. The molecule has 1 saturated heterocycles. The predicted octanol–water partition coefficient (Wildman–Crippen LogP) is 0.525. The van der Waals surface area contributed by atoms with E-state index >= 15 is 0 Å². The van der Waals surface area contributed by atoms with Crippen LogP contribution < -0.4 is 5.73 Å². The molecule has 0 radical (unpaired) electrons. The molecule has 5 heteroatoms. The van der Waals surface area contributed by atoms with Crippen molar-refractivity contribution in [2.24, 2.45) is 0 Å². The summed E-state index contributed by atoms with van der Waals surface area (Å²) in [5.74, 6) is -0.0962. The molecule has 0 bridgehead atoms. The molecule has 2 rings (SSSR count). The van der Waals surface area contributed by atoms with Gasteiger partial charge in [0.05, 0.1) is 18.2 Å². The summed E-state index contributed by atoms with van der Waals surface area (Å²) >= 11 is 0. The minimum absolute atomic E-state index is 0.0962. The van der Waals surface area contributed by atoms with E-state index in [0.717, 1.165) is 6.42 Å². The van der Waals surface area contributed by atoms with Crippen molar-refractivity contribution in [1.82, 2.24) is 9.88 Å². The lowest BCUT2D eigenvalue weighted by atomic mass is 10.1. The summed E-state index contributed by atoms with van der Waals surface area (Å²) < 4.78 is 5.25. The highest BCUT2D eigenvalue weighted by molar-refractivity contribution is 5.98. The Labute approximate surface area is 94.2 Å². The van der Waals surface area contributed by atoms with Gasteiger partial charge in [-0.25, -0.2) is 0 Å². The molecule has 2 heterocycles. The third-order valence-corrected chi connectivity index (χ3v) is 2.86. The molecular formula is C11H15N3O2. The minimum atomic E-state index is -0.0962. The van der Waals surface area contributed by atoms with Gasteiger partial charge in [-0.05, 0) is 12.5 Å². The normalized spacial score (nSPS) is 19.7.